The third kappa shape index (κ3) is 3.81. The van der Waals surface area contributed by atoms with Gasteiger partial charge < -0.3 is 14.2 Å². The van der Waals surface area contributed by atoms with Gasteiger partial charge in [0.05, 0.1) is 13.0 Å². The lowest BCUT2D eigenvalue weighted by molar-refractivity contribution is -0.161. The molecule has 92 valence electrons. The number of esters is 2. The van der Waals surface area contributed by atoms with Crippen molar-refractivity contribution in [2.45, 2.75) is 51.9 Å². The fourth-order valence-corrected chi connectivity index (χ4v) is 1.39. The Morgan fingerprint density at radius 3 is 2.69 bits per heavy atom. The first kappa shape index (κ1) is 13.0. The van der Waals surface area contributed by atoms with Crippen LogP contribution < -0.4 is 0 Å². The molecule has 1 atom stereocenters. The molecule has 0 N–H and O–H groups in total. The van der Waals surface area contributed by atoms with Crippen molar-refractivity contribution in [1.82, 2.24) is 0 Å². The average molecular weight is 230 g/mol. The molecule has 0 unspecified atom stereocenters. The molecule has 0 aromatic rings. The molecule has 16 heavy (non-hydrogen) atoms. The molecule has 0 aromatic carbocycles. The summed E-state index contributed by atoms with van der Waals surface area (Å²) in [6.45, 7) is 5.66. The van der Waals surface area contributed by atoms with Gasteiger partial charge in [-0.3, -0.25) is 4.79 Å². The standard InChI is InChI=1S/C11H18O5/c1-4-5-6-14-9(12)7-8-10(13)16-11(2,3)15-8/h8H,4-7H2,1-3H3/t8-/m1/s1. The van der Waals surface area contributed by atoms with Gasteiger partial charge in [-0.1, -0.05) is 13.3 Å². The zero-order valence-electron chi connectivity index (χ0n) is 9.95. The number of hydrogen-bond donors (Lipinski definition) is 0. The fourth-order valence-electron chi connectivity index (χ4n) is 1.39. The van der Waals surface area contributed by atoms with E-state index in [0.717, 1.165) is 12.8 Å². The molecule has 0 aliphatic carbocycles. The number of cyclic esters (lactones) is 1. The van der Waals surface area contributed by atoms with E-state index in [0.29, 0.717) is 6.61 Å². The third-order valence-electron chi connectivity index (χ3n) is 2.15. The summed E-state index contributed by atoms with van der Waals surface area (Å²) in [5, 5.41) is 0. The predicted octanol–water partition coefficient (Wildman–Crippen LogP) is 1.40. The second-order valence-electron chi connectivity index (χ2n) is 4.21. The van der Waals surface area contributed by atoms with Gasteiger partial charge in [-0.2, -0.15) is 0 Å². The molecule has 0 aromatic heterocycles. The largest absolute Gasteiger partial charge is 0.466 e. The van der Waals surface area contributed by atoms with Crippen molar-refractivity contribution in [1.29, 1.82) is 0 Å². The molecule has 5 heteroatoms. The summed E-state index contributed by atoms with van der Waals surface area (Å²) in [7, 11) is 0. The van der Waals surface area contributed by atoms with Crippen molar-refractivity contribution < 1.29 is 23.8 Å². The van der Waals surface area contributed by atoms with E-state index in [1.807, 2.05) is 6.92 Å². The van der Waals surface area contributed by atoms with Crippen LogP contribution >= 0.6 is 0 Å². The number of carbonyl (C=O) groups excluding carboxylic acids is 2. The van der Waals surface area contributed by atoms with Crippen molar-refractivity contribution in [3.8, 4) is 0 Å². The minimum absolute atomic E-state index is 0.0774. The Bertz CT molecular complexity index is 272. The second-order valence-corrected chi connectivity index (χ2v) is 4.21. The molecular weight excluding hydrogens is 212 g/mol. The van der Waals surface area contributed by atoms with Crippen molar-refractivity contribution in [3.63, 3.8) is 0 Å². The lowest BCUT2D eigenvalue weighted by Gasteiger charge is -2.14. The van der Waals surface area contributed by atoms with Crippen LogP contribution in [0, 0.1) is 0 Å². The molecule has 0 spiro atoms. The topological polar surface area (TPSA) is 61.8 Å². The summed E-state index contributed by atoms with van der Waals surface area (Å²) in [5.41, 5.74) is 0. The van der Waals surface area contributed by atoms with Crippen LogP contribution in [0.15, 0.2) is 0 Å². The number of rotatable bonds is 5. The molecule has 0 saturated carbocycles. The highest BCUT2D eigenvalue weighted by Crippen LogP contribution is 2.25. The normalized spacial score (nSPS) is 22.9. The van der Waals surface area contributed by atoms with Gasteiger partial charge in [-0.25, -0.2) is 4.79 Å². The summed E-state index contributed by atoms with van der Waals surface area (Å²) in [6.07, 6.45) is 0.880. The Labute approximate surface area is 95.0 Å². The number of hydrogen-bond acceptors (Lipinski definition) is 5. The minimum Gasteiger partial charge on any atom is -0.466 e. The van der Waals surface area contributed by atoms with Crippen molar-refractivity contribution >= 4 is 11.9 Å². The van der Waals surface area contributed by atoms with Crippen LogP contribution in [0.4, 0.5) is 0 Å². The molecule has 5 nitrogen and oxygen atoms in total. The first-order valence-electron chi connectivity index (χ1n) is 5.51. The third-order valence-corrected chi connectivity index (χ3v) is 2.15. The van der Waals surface area contributed by atoms with Crippen LogP contribution in [0.5, 0.6) is 0 Å². The van der Waals surface area contributed by atoms with E-state index in [1.165, 1.54) is 0 Å². The van der Waals surface area contributed by atoms with Crippen LogP contribution in [0.25, 0.3) is 0 Å². The van der Waals surface area contributed by atoms with E-state index in [9.17, 15) is 9.59 Å². The molecule has 1 aliphatic heterocycles. The SMILES string of the molecule is CCCCOC(=O)C[C@H]1OC(C)(C)OC1=O. The Morgan fingerprint density at radius 2 is 2.19 bits per heavy atom. The van der Waals surface area contributed by atoms with Crippen LogP contribution in [0.1, 0.15) is 40.0 Å². The number of ether oxygens (including phenoxy) is 3. The summed E-state index contributed by atoms with van der Waals surface area (Å²) in [4.78, 5) is 22.6. The van der Waals surface area contributed by atoms with Gasteiger partial charge in [-0.05, 0) is 6.42 Å². The zero-order chi connectivity index (χ0) is 12.2. The van der Waals surface area contributed by atoms with Gasteiger partial charge in [0, 0.05) is 13.8 Å². The highest BCUT2D eigenvalue weighted by molar-refractivity contribution is 5.83. The maximum atomic E-state index is 11.3. The van der Waals surface area contributed by atoms with Gasteiger partial charge in [0.15, 0.2) is 6.10 Å². The van der Waals surface area contributed by atoms with Crippen molar-refractivity contribution in [3.05, 3.63) is 0 Å². The molecule has 1 fully saturated rings. The summed E-state index contributed by atoms with van der Waals surface area (Å²) >= 11 is 0. The lowest BCUT2D eigenvalue weighted by Crippen LogP contribution is -2.24. The number of carbonyl (C=O) groups is 2. The molecule has 1 rings (SSSR count). The average Bonchev–Trinajstić information content (AvgIpc) is 2.40. The molecular formula is C11H18O5. The van der Waals surface area contributed by atoms with E-state index in [2.05, 4.69) is 0 Å². The summed E-state index contributed by atoms with van der Waals surface area (Å²) in [6, 6.07) is 0. The second kappa shape index (κ2) is 5.30. The summed E-state index contributed by atoms with van der Waals surface area (Å²) < 4.78 is 15.1. The van der Waals surface area contributed by atoms with E-state index >= 15 is 0 Å². The van der Waals surface area contributed by atoms with Crippen LogP contribution in [-0.4, -0.2) is 30.4 Å². The smallest absolute Gasteiger partial charge is 0.338 e. The highest BCUT2D eigenvalue weighted by Gasteiger charge is 2.42. The lowest BCUT2D eigenvalue weighted by atomic mass is 10.2. The predicted molar refractivity (Wildman–Crippen MR) is 55.5 cm³/mol. The van der Waals surface area contributed by atoms with E-state index in [-0.39, 0.29) is 6.42 Å². The van der Waals surface area contributed by atoms with Crippen LogP contribution in [0.2, 0.25) is 0 Å². The Kier molecular flexibility index (Phi) is 4.29. The minimum atomic E-state index is -0.939. The highest BCUT2D eigenvalue weighted by atomic mass is 16.8. The first-order valence-corrected chi connectivity index (χ1v) is 5.51. The van der Waals surface area contributed by atoms with Gasteiger partial charge >= 0.3 is 11.9 Å². The zero-order valence-corrected chi connectivity index (χ0v) is 9.95. The van der Waals surface area contributed by atoms with Crippen molar-refractivity contribution in [2.75, 3.05) is 6.61 Å². The van der Waals surface area contributed by atoms with Gasteiger partial charge in [0.2, 0.25) is 5.79 Å². The molecule has 0 amide bonds. The van der Waals surface area contributed by atoms with Gasteiger partial charge in [0.1, 0.15) is 0 Å². The van der Waals surface area contributed by atoms with E-state index in [4.69, 9.17) is 14.2 Å². The van der Waals surface area contributed by atoms with Crippen molar-refractivity contribution in [2.24, 2.45) is 0 Å². The molecule has 0 radical (unpaired) electrons. The van der Waals surface area contributed by atoms with Gasteiger partial charge in [-0.15, -0.1) is 0 Å². The maximum Gasteiger partial charge on any atom is 0.338 e. The molecule has 1 saturated heterocycles. The van der Waals surface area contributed by atoms with Crippen LogP contribution in [0.3, 0.4) is 0 Å². The van der Waals surface area contributed by atoms with Crippen LogP contribution in [-0.2, 0) is 23.8 Å². The fraction of sp³-hybridized carbons (Fsp3) is 0.818. The first-order chi connectivity index (χ1) is 7.44. The molecule has 1 aliphatic rings. The van der Waals surface area contributed by atoms with E-state index in [1.54, 1.807) is 13.8 Å². The Balaban J connectivity index is 2.32. The van der Waals surface area contributed by atoms with Gasteiger partial charge in [0.25, 0.3) is 0 Å². The maximum absolute atomic E-state index is 11.3. The molecule has 1 heterocycles. The summed E-state index contributed by atoms with van der Waals surface area (Å²) in [5.74, 6) is -1.86. The molecule has 0 bridgehead atoms. The Hall–Kier alpha value is -1.10. The monoisotopic (exact) mass is 230 g/mol. The number of unbranched alkanes of at least 4 members (excludes halogenated alkanes) is 1. The quantitative estimate of drug-likeness (QED) is 0.527. The Morgan fingerprint density at radius 1 is 1.50 bits per heavy atom. The van der Waals surface area contributed by atoms with E-state index < -0.39 is 23.8 Å².